The van der Waals surface area contributed by atoms with Gasteiger partial charge in [-0.15, -0.1) is 11.3 Å². The van der Waals surface area contributed by atoms with Crippen molar-refractivity contribution < 1.29 is 0 Å². The Kier molecular flexibility index (Phi) is 4.86. The highest BCUT2D eigenvalue weighted by Crippen LogP contribution is 2.38. The summed E-state index contributed by atoms with van der Waals surface area (Å²) in [4.78, 5) is 0. The van der Waals surface area contributed by atoms with E-state index in [0.29, 0.717) is 0 Å². The van der Waals surface area contributed by atoms with Gasteiger partial charge in [0.25, 0.3) is 0 Å². The van der Waals surface area contributed by atoms with Gasteiger partial charge in [0, 0.05) is 32.0 Å². The van der Waals surface area contributed by atoms with Gasteiger partial charge in [-0.05, 0) is 51.6 Å². The van der Waals surface area contributed by atoms with Crippen molar-refractivity contribution >= 4 is 37.7 Å². The molecule has 0 fully saturated rings. The van der Waals surface area contributed by atoms with Gasteiger partial charge in [-0.1, -0.05) is 97.1 Å². The molecule has 1 aromatic heterocycles. The summed E-state index contributed by atoms with van der Waals surface area (Å²) in [6.45, 7) is 0. The number of hydrogen-bond acceptors (Lipinski definition) is 2. The monoisotopic (exact) mass is 439 g/mol. The molecule has 0 radical (unpaired) electrons. The molecule has 0 atom stereocenters. The Morgan fingerprint density at radius 3 is 1.64 bits per heavy atom. The second-order valence-corrected chi connectivity index (χ2v) is 9.28. The lowest BCUT2D eigenvalue weighted by Gasteiger charge is -2.07. The SMILES string of the molecule is N=Cc1cccc2sc3ccc(-c4ccc(-c5ccc(-c6ccccc6)cc5)cc4)cc3c12. The average Bonchev–Trinajstić information content (AvgIpc) is 3.27. The third kappa shape index (κ3) is 3.55. The zero-order chi connectivity index (χ0) is 22.2. The van der Waals surface area contributed by atoms with Crippen molar-refractivity contribution in [1.82, 2.24) is 0 Å². The Morgan fingerprint density at radius 2 is 1.03 bits per heavy atom. The van der Waals surface area contributed by atoms with Crippen molar-refractivity contribution in [3.63, 3.8) is 0 Å². The van der Waals surface area contributed by atoms with Gasteiger partial charge in [0.05, 0.1) is 0 Å². The summed E-state index contributed by atoms with van der Waals surface area (Å²) >= 11 is 1.79. The summed E-state index contributed by atoms with van der Waals surface area (Å²) in [6.07, 6.45) is 1.46. The van der Waals surface area contributed by atoms with Crippen LogP contribution in [0.15, 0.2) is 115 Å². The zero-order valence-electron chi connectivity index (χ0n) is 18.0. The highest BCUT2D eigenvalue weighted by atomic mass is 32.1. The number of benzene rings is 5. The first-order chi connectivity index (χ1) is 16.3. The molecule has 1 heterocycles. The molecule has 0 bridgehead atoms. The molecule has 156 valence electrons. The van der Waals surface area contributed by atoms with Crippen molar-refractivity contribution in [3.8, 4) is 33.4 Å². The average molecular weight is 440 g/mol. The summed E-state index contributed by atoms with van der Waals surface area (Å²) in [7, 11) is 0. The van der Waals surface area contributed by atoms with Crippen LogP contribution in [0, 0.1) is 5.41 Å². The molecule has 5 aromatic carbocycles. The van der Waals surface area contributed by atoms with Crippen molar-refractivity contribution in [2.45, 2.75) is 0 Å². The lowest BCUT2D eigenvalue weighted by molar-refractivity contribution is 1.56. The first-order valence-electron chi connectivity index (χ1n) is 11.0. The smallest absolute Gasteiger partial charge is 0.0361 e. The molecule has 0 aliphatic heterocycles. The van der Waals surface area contributed by atoms with Gasteiger partial charge in [0.15, 0.2) is 0 Å². The second kappa shape index (κ2) is 8.16. The quantitative estimate of drug-likeness (QED) is 0.265. The van der Waals surface area contributed by atoms with Gasteiger partial charge >= 0.3 is 0 Å². The first kappa shape index (κ1) is 19.7. The van der Waals surface area contributed by atoms with Gasteiger partial charge in [-0.3, -0.25) is 0 Å². The highest BCUT2D eigenvalue weighted by Gasteiger charge is 2.10. The van der Waals surface area contributed by atoms with E-state index in [9.17, 15) is 0 Å². The van der Waals surface area contributed by atoms with E-state index < -0.39 is 0 Å². The van der Waals surface area contributed by atoms with Crippen LogP contribution in [0.3, 0.4) is 0 Å². The molecular weight excluding hydrogens is 418 g/mol. The molecule has 0 saturated carbocycles. The Morgan fingerprint density at radius 1 is 0.485 bits per heavy atom. The van der Waals surface area contributed by atoms with Gasteiger partial charge < -0.3 is 5.41 Å². The summed E-state index contributed by atoms with van der Waals surface area (Å²) in [5.74, 6) is 0. The molecule has 0 unspecified atom stereocenters. The molecule has 33 heavy (non-hydrogen) atoms. The molecule has 2 heteroatoms. The maximum absolute atomic E-state index is 7.80. The Hall–Kier alpha value is -4.01. The molecular formula is C31H21NS. The van der Waals surface area contributed by atoms with Gasteiger partial charge in [0.1, 0.15) is 0 Å². The van der Waals surface area contributed by atoms with Crippen LogP contribution < -0.4 is 0 Å². The van der Waals surface area contributed by atoms with E-state index in [0.717, 1.165) is 5.56 Å². The van der Waals surface area contributed by atoms with Crippen LogP contribution >= 0.6 is 11.3 Å². The van der Waals surface area contributed by atoms with Crippen LogP contribution in [0.2, 0.25) is 0 Å². The molecule has 1 N–H and O–H groups in total. The van der Waals surface area contributed by atoms with Crippen LogP contribution in [0.5, 0.6) is 0 Å². The first-order valence-corrected chi connectivity index (χ1v) is 11.8. The van der Waals surface area contributed by atoms with Crippen LogP contribution in [0.4, 0.5) is 0 Å². The fraction of sp³-hybridized carbons (Fsp3) is 0. The van der Waals surface area contributed by atoms with E-state index in [-0.39, 0.29) is 0 Å². The topological polar surface area (TPSA) is 23.9 Å². The van der Waals surface area contributed by atoms with Crippen LogP contribution in [0.1, 0.15) is 5.56 Å². The fourth-order valence-electron chi connectivity index (χ4n) is 4.49. The number of hydrogen-bond donors (Lipinski definition) is 1. The van der Waals surface area contributed by atoms with E-state index in [4.69, 9.17) is 5.41 Å². The Labute approximate surface area is 197 Å². The van der Waals surface area contributed by atoms with Crippen molar-refractivity contribution in [3.05, 3.63) is 121 Å². The number of thiophene rings is 1. The fourth-order valence-corrected chi connectivity index (χ4v) is 5.62. The van der Waals surface area contributed by atoms with E-state index in [1.54, 1.807) is 11.3 Å². The maximum Gasteiger partial charge on any atom is 0.0361 e. The minimum absolute atomic E-state index is 0.977. The molecule has 6 rings (SSSR count). The minimum atomic E-state index is 0.977. The van der Waals surface area contributed by atoms with E-state index in [1.807, 2.05) is 18.2 Å². The molecule has 0 saturated heterocycles. The predicted octanol–water partition coefficient (Wildman–Crippen LogP) is 9.05. The number of nitrogens with one attached hydrogen (secondary N) is 1. The summed E-state index contributed by atoms with van der Waals surface area (Å²) in [5, 5.41) is 10.2. The molecule has 0 aliphatic rings. The van der Waals surface area contributed by atoms with Crippen LogP contribution in [-0.4, -0.2) is 6.21 Å². The summed E-state index contributed by atoms with van der Waals surface area (Å²) in [6, 6.07) is 40.9. The van der Waals surface area contributed by atoms with Crippen LogP contribution in [0.25, 0.3) is 53.6 Å². The molecule has 0 spiro atoms. The minimum Gasteiger partial charge on any atom is -0.308 e. The Bertz CT molecular complexity index is 1590. The van der Waals surface area contributed by atoms with Crippen molar-refractivity contribution in [2.24, 2.45) is 0 Å². The number of rotatable bonds is 4. The normalized spacial score (nSPS) is 11.2. The highest BCUT2D eigenvalue weighted by molar-refractivity contribution is 7.25. The summed E-state index contributed by atoms with van der Waals surface area (Å²) in [5.41, 5.74) is 8.28. The van der Waals surface area contributed by atoms with Gasteiger partial charge in [0.2, 0.25) is 0 Å². The van der Waals surface area contributed by atoms with Crippen LogP contribution in [-0.2, 0) is 0 Å². The standard InChI is InChI=1S/C31H21NS/c32-20-27-7-4-8-30-31(27)28-19-26(17-18-29(28)33-30)25-15-13-24(14-16-25)23-11-9-22(10-12-23)21-5-2-1-3-6-21/h1-20,32H. The van der Waals surface area contributed by atoms with Crippen molar-refractivity contribution in [2.75, 3.05) is 0 Å². The third-order valence-electron chi connectivity index (χ3n) is 6.23. The van der Waals surface area contributed by atoms with Gasteiger partial charge in [-0.25, -0.2) is 0 Å². The van der Waals surface area contributed by atoms with E-state index >= 15 is 0 Å². The predicted molar refractivity (Wildman–Crippen MR) is 144 cm³/mol. The van der Waals surface area contributed by atoms with Crippen molar-refractivity contribution in [1.29, 1.82) is 5.41 Å². The Balaban J connectivity index is 1.34. The number of fused-ring (bicyclic) bond motifs is 3. The summed E-state index contributed by atoms with van der Waals surface area (Å²) < 4.78 is 2.50. The van der Waals surface area contributed by atoms with E-state index in [2.05, 4.69) is 97.1 Å². The molecule has 0 aliphatic carbocycles. The second-order valence-electron chi connectivity index (χ2n) is 8.20. The lowest BCUT2D eigenvalue weighted by Crippen LogP contribution is -1.83. The molecule has 0 amide bonds. The maximum atomic E-state index is 7.80. The largest absolute Gasteiger partial charge is 0.308 e. The zero-order valence-corrected chi connectivity index (χ0v) is 18.8. The van der Waals surface area contributed by atoms with E-state index in [1.165, 1.54) is 59.8 Å². The molecule has 1 nitrogen and oxygen atoms in total. The lowest BCUT2D eigenvalue weighted by atomic mass is 9.97. The third-order valence-corrected chi connectivity index (χ3v) is 7.36. The molecule has 6 aromatic rings. The van der Waals surface area contributed by atoms with Gasteiger partial charge in [-0.2, -0.15) is 0 Å².